The van der Waals surface area contributed by atoms with Crippen LogP contribution in [0.25, 0.3) is 0 Å². The summed E-state index contributed by atoms with van der Waals surface area (Å²) in [4.78, 5) is 11.2. The quantitative estimate of drug-likeness (QED) is 0.526. The second-order valence-electron chi connectivity index (χ2n) is 3.36. The first-order chi connectivity index (χ1) is 7.54. The van der Waals surface area contributed by atoms with Gasteiger partial charge in [0.15, 0.2) is 11.5 Å². The van der Waals surface area contributed by atoms with Gasteiger partial charge in [-0.05, 0) is 24.6 Å². The minimum absolute atomic E-state index is 0.0397. The largest absolute Gasteiger partial charge is 0.504 e. The molecule has 1 aromatic rings. The van der Waals surface area contributed by atoms with Crippen molar-refractivity contribution in [1.82, 2.24) is 0 Å². The topological polar surface area (TPSA) is 92.8 Å². The Balaban J connectivity index is 2.69. The molecule has 4 N–H and O–H groups in total. The number of ether oxygens (including phenoxy) is 1. The van der Waals surface area contributed by atoms with Crippen molar-refractivity contribution in [2.45, 2.75) is 19.4 Å². The molecule has 0 aliphatic heterocycles. The molecular weight excluding hydrogens is 210 g/mol. The minimum Gasteiger partial charge on any atom is -0.504 e. The summed E-state index contributed by atoms with van der Waals surface area (Å²) in [6.45, 7) is 2.03. The van der Waals surface area contributed by atoms with E-state index in [0.717, 1.165) is 0 Å². The predicted octanol–water partition coefficient (Wildman–Crippen LogP) is 1.05. The molecule has 88 valence electrons. The van der Waals surface area contributed by atoms with Crippen LogP contribution >= 0.6 is 0 Å². The second kappa shape index (κ2) is 5.37. The first kappa shape index (κ1) is 12.3. The molecule has 0 unspecified atom stereocenters. The highest BCUT2D eigenvalue weighted by Gasteiger charge is 2.13. The van der Waals surface area contributed by atoms with Crippen molar-refractivity contribution in [2.75, 3.05) is 6.61 Å². The number of carbonyl (C=O) groups excluding carboxylic acids is 1. The standard InChI is InChI=1S/C11H15NO4/c1-2-16-11(15)6-8(12)7-3-4-9(13)10(14)5-7/h3-5,8,13-14H,2,6,12H2,1H3/t8-/m1/s1. The summed E-state index contributed by atoms with van der Waals surface area (Å²) >= 11 is 0. The zero-order chi connectivity index (χ0) is 12.1. The molecule has 0 saturated heterocycles. The first-order valence-corrected chi connectivity index (χ1v) is 4.97. The van der Waals surface area contributed by atoms with E-state index in [1.807, 2.05) is 0 Å². The Morgan fingerprint density at radius 2 is 2.12 bits per heavy atom. The summed E-state index contributed by atoms with van der Waals surface area (Å²) in [6.07, 6.45) is 0.0397. The fraction of sp³-hybridized carbons (Fsp3) is 0.364. The van der Waals surface area contributed by atoms with Crippen molar-refractivity contribution in [3.63, 3.8) is 0 Å². The molecule has 0 radical (unpaired) electrons. The van der Waals surface area contributed by atoms with Gasteiger partial charge in [-0.1, -0.05) is 6.07 Å². The maximum atomic E-state index is 11.2. The van der Waals surface area contributed by atoms with E-state index in [1.54, 1.807) is 13.0 Å². The maximum absolute atomic E-state index is 11.2. The monoisotopic (exact) mass is 225 g/mol. The van der Waals surface area contributed by atoms with E-state index < -0.39 is 6.04 Å². The highest BCUT2D eigenvalue weighted by atomic mass is 16.5. The van der Waals surface area contributed by atoms with Crippen LogP contribution in [0.2, 0.25) is 0 Å². The molecule has 0 spiro atoms. The van der Waals surface area contributed by atoms with Crippen LogP contribution in [-0.2, 0) is 9.53 Å². The van der Waals surface area contributed by atoms with Gasteiger partial charge in [0.25, 0.3) is 0 Å². The molecular formula is C11H15NO4. The summed E-state index contributed by atoms with van der Waals surface area (Å²) in [5.74, 6) is -0.855. The normalized spacial score (nSPS) is 12.1. The average Bonchev–Trinajstić information content (AvgIpc) is 2.22. The van der Waals surface area contributed by atoms with Crippen molar-refractivity contribution in [2.24, 2.45) is 5.73 Å². The van der Waals surface area contributed by atoms with E-state index in [2.05, 4.69) is 0 Å². The molecule has 0 amide bonds. The molecule has 5 nitrogen and oxygen atoms in total. The number of aromatic hydroxyl groups is 2. The predicted molar refractivity (Wildman–Crippen MR) is 58.0 cm³/mol. The summed E-state index contributed by atoms with van der Waals surface area (Å²) in [5, 5.41) is 18.4. The molecule has 0 saturated carbocycles. The molecule has 0 aromatic heterocycles. The van der Waals surface area contributed by atoms with E-state index in [0.29, 0.717) is 12.2 Å². The van der Waals surface area contributed by atoms with Gasteiger partial charge in [-0.15, -0.1) is 0 Å². The van der Waals surface area contributed by atoms with Crippen LogP contribution in [0.15, 0.2) is 18.2 Å². The van der Waals surface area contributed by atoms with E-state index in [9.17, 15) is 9.90 Å². The smallest absolute Gasteiger partial charge is 0.307 e. The van der Waals surface area contributed by atoms with Crippen molar-refractivity contribution < 1.29 is 19.7 Å². The van der Waals surface area contributed by atoms with Gasteiger partial charge in [-0.3, -0.25) is 4.79 Å². The molecule has 0 aliphatic carbocycles. The van der Waals surface area contributed by atoms with Crippen LogP contribution in [0.3, 0.4) is 0 Å². The zero-order valence-corrected chi connectivity index (χ0v) is 9.01. The van der Waals surface area contributed by atoms with Gasteiger partial charge in [-0.25, -0.2) is 0 Å². The van der Waals surface area contributed by atoms with E-state index in [-0.39, 0.29) is 23.9 Å². The van der Waals surface area contributed by atoms with Crippen LogP contribution in [0.5, 0.6) is 11.5 Å². The third-order valence-electron chi connectivity index (χ3n) is 2.12. The number of phenolic OH excluding ortho intramolecular Hbond substituents is 2. The summed E-state index contributed by atoms with van der Waals surface area (Å²) in [7, 11) is 0. The maximum Gasteiger partial charge on any atom is 0.307 e. The van der Waals surface area contributed by atoms with Crippen LogP contribution in [-0.4, -0.2) is 22.8 Å². The number of benzene rings is 1. The molecule has 1 atom stereocenters. The fourth-order valence-electron chi connectivity index (χ4n) is 1.29. The van der Waals surface area contributed by atoms with Crippen molar-refractivity contribution >= 4 is 5.97 Å². The lowest BCUT2D eigenvalue weighted by atomic mass is 10.0. The van der Waals surface area contributed by atoms with Crippen LogP contribution in [0, 0.1) is 0 Å². The van der Waals surface area contributed by atoms with Crippen LogP contribution < -0.4 is 5.73 Å². The number of hydrogen-bond donors (Lipinski definition) is 3. The third kappa shape index (κ3) is 3.13. The Labute approximate surface area is 93.5 Å². The summed E-state index contributed by atoms with van der Waals surface area (Å²) < 4.78 is 4.76. The lowest BCUT2D eigenvalue weighted by Crippen LogP contribution is -2.17. The van der Waals surface area contributed by atoms with Crippen molar-refractivity contribution in [3.8, 4) is 11.5 Å². The Morgan fingerprint density at radius 1 is 1.44 bits per heavy atom. The SMILES string of the molecule is CCOC(=O)C[C@@H](N)c1ccc(O)c(O)c1. The number of carbonyl (C=O) groups is 1. The minimum atomic E-state index is -0.550. The molecule has 1 rings (SSSR count). The third-order valence-corrected chi connectivity index (χ3v) is 2.12. The van der Waals surface area contributed by atoms with Gasteiger partial charge in [0.2, 0.25) is 0 Å². The Kier molecular flexibility index (Phi) is 4.13. The Hall–Kier alpha value is -1.75. The highest BCUT2D eigenvalue weighted by molar-refractivity contribution is 5.70. The van der Waals surface area contributed by atoms with Crippen molar-refractivity contribution in [1.29, 1.82) is 0 Å². The summed E-state index contributed by atoms with van der Waals surface area (Å²) in [5.41, 5.74) is 6.32. The van der Waals surface area contributed by atoms with Gasteiger partial charge in [0, 0.05) is 6.04 Å². The zero-order valence-electron chi connectivity index (χ0n) is 9.01. The number of phenols is 2. The highest BCUT2D eigenvalue weighted by Crippen LogP contribution is 2.28. The lowest BCUT2D eigenvalue weighted by molar-refractivity contribution is -0.143. The number of esters is 1. The van der Waals surface area contributed by atoms with Gasteiger partial charge in [0.1, 0.15) is 0 Å². The Morgan fingerprint density at radius 3 is 2.69 bits per heavy atom. The van der Waals surface area contributed by atoms with E-state index in [4.69, 9.17) is 15.6 Å². The molecule has 0 bridgehead atoms. The van der Waals surface area contributed by atoms with Crippen molar-refractivity contribution in [3.05, 3.63) is 23.8 Å². The fourth-order valence-corrected chi connectivity index (χ4v) is 1.29. The van der Waals surface area contributed by atoms with Gasteiger partial charge in [-0.2, -0.15) is 0 Å². The van der Waals surface area contributed by atoms with Gasteiger partial charge < -0.3 is 20.7 Å². The first-order valence-electron chi connectivity index (χ1n) is 4.97. The molecule has 16 heavy (non-hydrogen) atoms. The van der Waals surface area contributed by atoms with Gasteiger partial charge in [0.05, 0.1) is 13.0 Å². The van der Waals surface area contributed by atoms with Crippen LogP contribution in [0.1, 0.15) is 24.9 Å². The van der Waals surface area contributed by atoms with E-state index >= 15 is 0 Å². The average molecular weight is 225 g/mol. The lowest BCUT2D eigenvalue weighted by Gasteiger charge is -2.11. The second-order valence-corrected chi connectivity index (χ2v) is 3.36. The van der Waals surface area contributed by atoms with Gasteiger partial charge >= 0.3 is 5.97 Å². The number of hydrogen-bond acceptors (Lipinski definition) is 5. The molecule has 0 fully saturated rings. The molecule has 5 heteroatoms. The Bertz CT molecular complexity index is 378. The number of rotatable bonds is 4. The van der Waals surface area contributed by atoms with E-state index in [1.165, 1.54) is 12.1 Å². The number of nitrogens with two attached hydrogens (primary N) is 1. The molecule has 1 aromatic carbocycles. The molecule has 0 heterocycles. The van der Waals surface area contributed by atoms with Crippen LogP contribution in [0.4, 0.5) is 0 Å². The summed E-state index contributed by atoms with van der Waals surface area (Å²) in [6, 6.07) is 3.67. The molecule has 0 aliphatic rings.